The van der Waals surface area contributed by atoms with Crippen molar-refractivity contribution in [2.75, 3.05) is 47.0 Å². The van der Waals surface area contributed by atoms with Gasteiger partial charge in [-0.05, 0) is 6.42 Å². The van der Waals surface area contributed by atoms with Gasteiger partial charge in [0.15, 0.2) is 0 Å². The number of hydrogen-bond donors (Lipinski definition) is 6. The fraction of sp³-hybridized carbons (Fsp3) is 1.00. The number of aliphatic hydroxyl groups excluding tert-OH is 6. The maximum Gasteiger partial charge on any atom is 0.131 e. The Hall–Kier alpha value is -0.320. The molecule has 0 fully saturated rings. The zero-order valence-electron chi connectivity index (χ0n) is 27.1. The van der Waals surface area contributed by atoms with E-state index in [-0.39, 0.29) is 17.6 Å². The first-order valence-electron chi connectivity index (χ1n) is 17.1. The van der Waals surface area contributed by atoms with E-state index in [4.69, 9.17) is 9.84 Å². The molecule has 41 heavy (non-hydrogen) atoms. The van der Waals surface area contributed by atoms with Crippen LogP contribution in [0.5, 0.6) is 0 Å². The number of likely N-dealkylation sites (N-methyl/N-ethyl adjacent to an activating group) is 1. The highest BCUT2D eigenvalue weighted by molar-refractivity contribution is 4.80. The SMILES string of the molecule is CCCCCCCCCCCCCCCCCCCCCCOCC(O)C[N+](C)(C)C[C@H](O)[C@@H](O)[C@H](O)[C@H](O)CO. The molecule has 0 spiro atoms. The third-order valence-electron chi connectivity index (χ3n) is 8.16. The minimum Gasteiger partial charge on any atom is -0.394 e. The van der Waals surface area contributed by atoms with Crippen molar-refractivity contribution in [1.82, 2.24) is 0 Å². The predicted octanol–water partition coefficient (Wildman–Crippen LogP) is 4.70. The lowest BCUT2D eigenvalue weighted by atomic mass is 10.0. The fourth-order valence-electron chi connectivity index (χ4n) is 5.55. The molecule has 0 heterocycles. The van der Waals surface area contributed by atoms with Crippen LogP contribution < -0.4 is 0 Å². The fourth-order valence-corrected chi connectivity index (χ4v) is 5.55. The molecule has 0 saturated carbocycles. The minimum absolute atomic E-state index is 0.0623. The Balaban J connectivity index is 3.54. The lowest BCUT2D eigenvalue weighted by Crippen LogP contribution is -2.56. The van der Waals surface area contributed by atoms with Crippen LogP contribution >= 0.6 is 0 Å². The normalized spacial score (nSPS) is 16.0. The smallest absolute Gasteiger partial charge is 0.131 e. The van der Waals surface area contributed by atoms with E-state index in [0.717, 1.165) is 12.8 Å². The van der Waals surface area contributed by atoms with Crippen LogP contribution in [0.1, 0.15) is 135 Å². The zero-order chi connectivity index (χ0) is 30.8. The van der Waals surface area contributed by atoms with E-state index < -0.39 is 37.1 Å². The predicted molar refractivity (Wildman–Crippen MR) is 168 cm³/mol. The van der Waals surface area contributed by atoms with Crippen LogP contribution in [0.4, 0.5) is 0 Å². The summed E-state index contributed by atoms with van der Waals surface area (Å²) < 4.78 is 5.84. The molecule has 6 N–H and O–H groups in total. The molecule has 0 aromatic heterocycles. The van der Waals surface area contributed by atoms with Gasteiger partial charge >= 0.3 is 0 Å². The molecule has 0 aliphatic rings. The van der Waals surface area contributed by atoms with Gasteiger partial charge in [0.1, 0.15) is 43.6 Å². The van der Waals surface area contributed by atoms with E-state index >= 15 is 0 Å². The van der Waals surface area contributed by atoms with Crippen molar-refractivity contribution in [2.24, 2.45) is 0 Å². The first-order valence-corrected chi connectivity index (χ1v) is 17.1. The summed E-state index contributed by atoms with van der Waals surface area (Å²) in [6, 6.07) is 0. The molecular weight excluding hydrogens is 522 g/mol. The maximum absolute atomic E-state index is 10.3. The van der Waals surface area contributed by atoms with Gasteiger partial charge in [-0.3, -0.25) is 0 Å². The van der Waals surface area contributed by atoms with Crippen molar-refractivity contribution in [3.05, 3.63) is 0 Å². The third kappa shape index (κ3) is 24.8. The second kappa shape index (κ2) is 27.2. The van der Waals surface area contributed by atoms with Gasteiger partial charge in [0.05, 0.1) is 27.3 Å². The lowest BCUT2D eigenvalue weighted by molar-refractivity contribution is -0.897. The Kier molecular flexibility index (Phi) is 27.0. The van der Waals surface area contributed by atoms with Crippen LogP contribution in [0, 0.1) is 0 Å². The molecule has 248 valence electrons. The Morgan fingerprint density at radius 2 is 0.878 bits per heavy atom. The van der Waals surface area contributed by atoms with Crippen LogP contribution in [-0.4, -0.2) is 113 Å². The van der Waals surface area contributed by atoms with Crippen molar-refractivity contribution in [3.63, 3.8) is 0 Å². The number of rotatable bonds is 31. The summed E-state index contributed by atoms with van der Waals surface area (Å²) in [4.78, 5) is 0. The van der Waals surface area contributed by atoms with Gasteiger partial charge in [0, 0.05) is 6.61 Å². The Bertz CT molecular complexity index is 552. The second-order valence-electron chi connectivity index (χ2n) is 13.0. The van der Waals surface area contributed by atoms with Crippen LogP contribution in [0.2, 0.25) is 0 Å². The van der Waals surface area contributed by atoms with Gasteiger partial charge in [-0.1, -0.05) is 129 Å². The van der Waals surface area contributed by atoms with Gasteiger partial charge in [-0.15, -0.1) is 0 Å². The first kappa shape index (κ1) is 40.7. The zero-order valence-corrected chi connectivity index (χ0v) is 27.1. The highest BCUT2D eigenvalue weighted by atomic mass is 16.5. The van der Waals surface area contributed by atoms with Crippen molar-refractivity contribution in [3.8, 4) is 0 Å². The monoisotopic (exact) mass is 593 g/mol. The highest BCUT2D eigenvalue weighted by Gasteiger charge is 2.34. The summed E-state index contributed by atoms with van der Waals surface area (Å²) in [5, 5.41) is 58.7. The minimum atomic E-state index is -1.65. The second-order valence-corrected chi connectivity index (χ2v) is 13.0. The van der Waals surface area contributed by atoms with E-state index in [1.807, 2.05) is 0 Å². The highest BCUT2D eigenvalue weighted by Crippen LogP contribution is 2.15. The molecule has 0 aliphatic heterocycles. The van der Waals surface area contributed by atoms with Gasteiger partial charge < -0.3 is 39.9 Å². The largest absolute Gasteiger partial charge is 0.394 e. The van der Waals surface area contributed by atoms with Gasteiger partial charge in [-0.2, -0.15) is 0 Å². The maximum atomic E-state index is 10.3. The van der Waals surface area contributed by atoms with Crippen molar-refractivity contribution in [2.45, 2.75) is 166 Å². The Morgan fingerprint density at radius 3 is 1.27 bits per heavy atom. The van der Waals surface area contributed by atoms with Gasteiger partial charge in [-0.25, -0.2) is 0 Å². The quantitative estimate of drug-likeness (QED) is 0.0508. The van der Waals surface area contributed by atoms with Crippen LogP contribution in [0.3, 0.4) is 0 Å². The van der Waals surface area contributed by atoms with E-state index in [0.29, 0.717) is 13.2 Å². The number of hydrogen-bond acceptors (Lipinski definition) is 7. The van der Waals surface area contributed by atoms with Gasteiger partial charge in [0.2, 0.25) is 0 Å². The van der Waals surface area contributed by atoms with Crippen LogP contribution in [0.15, 0.2) is 0 Å². The van der Waals surface area contributed by atoms with E-state index in [9.17, 15) is 25.5 Å². The molecule has 0 aromatic rings. The average Bonchev–Trinajstić information content (AvgIpc) is 2.93. The number of unbranched alkanes of at least 4 members (excludes halogenated alkanes) is 19. The molecule has 0 saturated heterocycles. The Labute approximate surface area is 252 Å². The lowest BCUT2D eigenvalue weighted by Gasteiger charge is -2.35. The summed E-state index contributed by atoms with van der Waals surface area (Å²) in [7, 11) is 3.60. The molecule has 8 nitrogen and oxygen atoms in total. The summed E-state index contributed by atoms with van der Waals surface area (Å²) in [6.07, 6.45) is 20.3. The van der Waals surface area contributed by atoms with E-state index in [1.165, 1.54) is 116 Å². The molecule has 0 rings (SSSR count). The number of aliphatic hydroxyl groups is 6. The topological polar surface area (TPSA) is 131 Å². The molecule has 5 atom stereocenters. The molecule has 8 heteroatoms. The van der Waals surface area contributed by atoms with Gasteiger partial charge in [0.25, 0.3) is 0 Å². The average molecular weight is 593 g/mol. The van der Waals surface area contributed by atoms with E-state index in [2.05, 4.69) is 6.92 Å². The summed E-state index contributed by atoms with van der Waals surface area (Å²) >= 11 is 0. The molecule has 0 bridgehead atoms. The molecule has 0 aromatic carbocycles. The van der Waals surface area contributed by atoms with E-state index in [1.54, 1.807) is 14.1 Å². The number of nitrogens with zero attached hydrogens (tertiary/aromatic N) is 1. The first-order chi connectivity index (χ1) is 19.6. The third-order valence-corrected chi connectivity index (χ3v) is 8.16. The molecule has 0 radical (unpaired) electrons. The van der Waals surface area contributed by atoms with Crippen molar-refractivity contribution in [1.29, 1.82) is 0 Å². The molecule has 0 amide bonds. The van der Waals surface area contributed by atoms with Crippen LogP contribution in [0.25, 0.3) is 0 Å². The number of quaternary nitrogens is 1. The summed E-state index contributed by atoms with van der Waals surface area (Å²) in [5.74, 6) is 0. The Morgan fingerprint density at radius 1 is 0.512 bits per heavy atom. The van der Waals surface area contributed by atoms with Crippen LogP contribution in [-0.2, 0) is 4.74 Å². The molecule has 0 aliphatic carbocycles. The number of ether oxygens (including phenoxy) is 1. The summed E-state index contributed by atoms with van der Waals surface area (Å²) in [6.45, 7) is 2.77. The standard InChI is InChI=1S/C33H70NO7/c1-4-5-6-7-8-9-10-11-12-13-14-15-16-17-18-19-20-21-22-23-24-41-28-29(36)25-34(2,3)26-30(37)32(39)33(40)31(38)27-35/h29-33,35-40H,4-28H2,1-3H3/q+1/t29?,30-,31+,32+,33+/m0/s1. The summed E-state index contributed by atoms with van der Waals surface area (Å²) in [5.41, 5.74) is 0. The molecular formula is C33H70NO7+. The van der Waals surface area contributed by atoms with Crippen molar-refractivity contribution >= 4 is 0 Å². The van der Waals surface area contributed by atoms with Crippen molar-refractivity contribution < 1.29 is 39.9 Å². The molecule has 1 unspecified atom stereocenters.